The molecule has 0 heterocycles. The molecule has 0 radical (unpaired) electrons. The van der Waals surface area contributed by atoms with Crippen LogP contribution < -0.4 is 5.73 Å². The predicted molar refractivity (Wildman–Crippen MR) is 77.7 cm³/mol. The number of aryl methyl sites for hydroxylation is 3. The van der Waals surface area contributed by atoms with E-state index in [1.54, 1.807) is 13.0 Å². The van der Waals surface area contributed by atoms with Crippen LogP contribution in [-0.4, -0.2) is 0 Å². The molecule has 0 aliphatic carbocycles. The lowest BCUT2D eigenvalue weighted by atomic mass is 9.96. The third-order valence-electron chi connectivity index (χ3n) is 3.35. The van der Waals surface area contributed by atoms with Crippen LogP contribution in [-0.2, 0) is 6.42 Å². The van der Waals surface area contributed by atoms with Crippen LogP contribution in [0.25, 0.3) is 0 Å². The van der Waals surface area contributed by atoms with Crippen LogP contribution in [0.2, 0.25) is 0 Å². The highest BCUT2D eigenvalue weighted by molar-refractivity contribution is 5.32. The lowest BCUT2D eigenvalue weighted by Crippen LogP contribution is -2.14. The van der Waals surface area contributed by atoms with Crippen LogP contribution in [0.1, 0.15) is 33.9 Å². The topological polar surface area (TPSA) is 26.0 Å². The van der Waals surface area contributed by atoms with Crippen LogP contribution >= 0.6 is 0 Å². The quantitative estimate of drug-likeness (QED) is 0.884. The number of rotatable bonds is 3. The van der Waals surface area contributed by atoms with Crippen LogP contribution in [0.5, 0.6) is 0 Å². The third-order valence-corrected chi connectivity index (χ3v) is 3.35. The standard InChI is InChI=1S/C17H20FN/c1-11-6-12(2)8-14(7-11)10-17(19)15-4-5-16(18)13(3)9-15/h4-9,17H,10,19H2,1-3H3. The van der Waals surface area contributed by atoms with Gasteiger partial charge in [0.1, 0.15) is 5.82 Å². The van der Waals surface area contributed by atoms with Gasteiger partial charge in [0.25, 0.3) is 0 Å². The maximum atomic E-state index is 13.3. The largest absolute Gasteiger partial charge is 0.324 e. The zero-order chi connectivity index (χ0) is 14.0. The van der Waals surface area contributed by atoms with Gasteiger partial charge in [0.2, 0.25) is 0 Å². The van der Waals surface area contributed by atoms with E-state index < -0.39 is 0 Å². The van der Waals surface area contributed by atoms with Gasteiger partial charge in [-0.05, 0) is 49.9 Å². The molecule has 0 fully saturated rings. The molecule has 100 valence electrons. The number of benzene rings is 2. The van der Waals surface area contributed by atoms with E-state index in [-0.39, 0.29) is 11.9 Å². The number of nitrogens with two attached hydrogens (primary N) is 1. The predicted octanol–water partition coefficient (Wildman–Crippen LogP) is 3.99. The van der Waals surface area contributed by atoms with Crippen LogP contribution in [0.3, 0.4) is 0 Å². The van der Waals surface area contributed by atoms with E-state index in [0.717, 1.165) is 12.0 Å². The fraction of sp³-hybridized carbons (Fsp3) is 0.294. The molecule has 2 aromatic carbocycles. The molecule has 0 bridgehead atoms. The van der Waals surface area contributed by atoms with Gasteiger partial charge in [-0.25, -0.2) is 4.39 Å². The average molecular weight is 257 g/mol. The Morgan fingerprint density at radius 2 is 1.63 bits per heavy atom. The van der Waals surface area contributed by atoms with Crippen molar-refractivity contribution in [3.8, 4) is 0 Å². The fourth-order valence-corrected chi connectivity index (χ4v) is 2.46. The van der Waals surface area contributed by atoms with E-state index in [0.29, 0.717) is 5.56 Å². The normalized spacial score (nSPS) is 12.5. The molecule has 0 saturated heterocycles. The molecule has 2 heteroatoms. The summed E-state index contributed by atoms with van der Waals surface area (Å²) in [7, 11) is 0. The minimum Gasteiger partial charge on any atom is -0.324 e. The van der Waals surface area contributed by atoms with E-state index in [2.05, 4.69) is 32.0 Å². The molecule has 0 aliphatic rings. The summed E-state index contributed by atoms with van der Waals surface area (Å²) in [5.41, 5.74) is 11.6. The summed E-state index contributed by atoms with van der Waals surface area (Å²) < 4.78 is 13.3. The minimum absolute atomic E-state index is 0.0968. The first-order valence-electron chi connectivity index (χ1n) is 6.54. The first-order chi connectivity index (χ1) is 8.95. The summed E-state index contributed by atoms with van der Waals surface area (Å²) in [6.45, 7) is 5.94. The molecular weight excluding hydrogens is 237 g/mol. The summed E-state index contributed by atoms with van der Waals surface area (Å²) >= 11 is 0. The van der Waals surface area contributed by atoms with Crippen molar-refractivity contribution in [2.75, 3.05) is 0 Å². The summed E-state index contributed by atoms with van der Waals surface area (Å²) in [5.74, 6) is -0.178. The molecule has 1 atom stereocenters. The second-order valence-electron chi connectivity index (χ2n) is 5.32. The van der Waals surface area contributed by atoms with Gasteiger partial charge >= 0.3 is 0 Å². The van der Waals surface area contributed by atoms with Crippen LogP contribution in [0.4, 0.5) is 4.39 Å². The van der Waals surface area contributed by atoms with Crippen molar-refractivity contribution in [2.24, 2.45) is 5.73 Å². The van der Waals surface area contributed by atoms with Gasteiger partial charge in [-0.3, -0.25) is 0 Å². The number of hydrogen-bond donors (Lipinski definition) is 1. The highest BCUT2D eigenvalue weighted by atomic mass is 19.1. The maximum absolute atomic E-state index is 13.3. The Kier molecular flexibility index (Phi) is 4.01. The molecule has 0 aromatic heterocycles. The van der Waals surface area contributed by atoms with Gasteiger partial charge in [-0.2, -0.15) is 0 Å². The van der Waals surface area contributed by atoms with Gasteiger partial charge in [0, 0.05) is 6.04 Å². The van der Waals surface area contributed by atoms with Gasteiger partial charge < -0.3 is 5.73 Å². The smallest absolute Gasteiger partial charge is 0.126 e. The monoisotopic (exact) mass is 257 g/mol. The molecule has 19 heavy (non-hydrogen) atoms. The molecule has 2 rings (SSSR count). The Morgan fingerprint density at radius 1 is 1.00 bits per heavy atom. The molecule has 0 saturated carbocycles. The van der Waals surface area contributed by atoms with Crippen molar-refractivity contribution in [1.82, 2.24) is 0 Å². The molecule has 1 unspecified atom stereocenters. The van der Waals surface area contributed by atoms with Crippen LogP contribution in [0.15, 0.2) is 36.4 Å². The first kappa shape index (κ1) is 13.8. The molecular formula is C17H20FN. The van der Waals surface area contributed by atoms with Crippen molar-refractivity contribution in [3.63, 3.8) is 0 Å². The van der Waals surface area contributed by atoms with Gasteiger partial charge in [0.05, 0.1) is 0 Å². The van der Waals surface area contributed by atoms with Gasteiger partial charge in [0.15, 0.2) is 0 Å². The van der Waals surface area contributed by atoms with E-state index >= 15 is 0 Å². The van der Waals surface area contributed by atoms with E-state index in [9.17, 15) is 4.39 Å². The fourth-order valence-electron chi connectivity index (χ4n) is 2.46. The first-order valence-corrected chi connectivity index (χ1v) is 6.54. The lowest BCUT2D eigenvalue weighted by Gasteiger charge is -2.14. The average Bonchev–Trinajstić information content (AvgIpc) is 2.31. The number of halogens is 1. The number of hydrogen-bond acceptors (Lipinski definition) is 1. The molecule has 0 aliphatic heterocycles. The highest BCUT2D eigenvalue weighted by Gasteiger charge is 2.09. The zero-order valence-corrected chi connectivity index (χ0v) is 11.7. The second-order valence-corrected chi connectivity index (χ2v) is 5.32. The van der Waals surface area contributed by atoms with Crippen molar-refractivity contribution in [3.05, 3.63) is 70.0 Å². The Labute approximate surface area is 114 Å². The van der Waals surface area contributed by atoms with Crippen LogP contribution in [0, 0.1) is 26.6 Å². The van der Waals surface area contributed by atoms with Crippen molar-refractivity contribution >= 4 is 0 Å². The molecule has 2 N–H and O–H groups in total. The van der Waals surface area contributed by atoms with E-state index in [4.69, 9.17) is 5.73 Å². The van der Waals surface area contributed by atoms with E-state index in [1.807, 2.05) is 6.07 Å². The molecule has 0 spiro atoms. The SMILES string of the molecule is Cc1cc(C)cc(CC(N)c2ccc(F)c(C)c2)c1. The molecule has 1 nitrogen and oxygen atoms in total. The lowest BCUT2D eigenvalue weighted by molar-refractivity contribution is 0.615. The van der Waals surface area contributed by atoms with Gasteiger partial charge in [-0.15, -0.1) is 0 Å². The Bertz CT molecular complexity index is 570. The summed E-state index contributed by atoms with van der Waals surface area (Å²) in [5, 5.41) is 0. The Hall–Kier alpha value is -1.67. The Balaban J connectivity index is 2.20. The third kappa shape index (κ3) is 3.42. The van der Waals surface area contributed by atoms with Crippen molar-refractivity contribution < 1.29 is 4.39 Å². The summed E-state index contributed by atoms with van der Waals surface area (Å²) in [6, 6.07) is 11.5. The zero-order valence-electron chi connectivity index (χ0n) is 11.7. The van der Waals surface area contributed by atoms with Crippen molar-refractivity contribution in [2.45, 2.75) is 33.2 Å². The van der Waals surface area contributed by atoms with E-state index in [1.165, 1.54) is 22.8 Å². The highest BCUT2D eigenvalue weighted by Crippen LogP contribution is 2.20. The maximum Gasteiger partial charge on any atom is 0.126 e. The Morgan fingerprint density at radius 3 is 2.21 bits per heavy atom. The van der Waals surface area contributed by atoms with Gasteiger partial charge in [-0.1, -0.05) is 41.5 Å². The summed E-state index contributed by atoms with van der Waals surface area (Å²) in [4.78, 5) is 0. The molecule has 2 aromatic rings. The summed E-state index contributed by atoms with van der Waals surface area (Å²) in [6.07, 6.45) is 0.771. The second kappa shape index (κ2) is 5.54. The molecule has 0 amide bonds. The van der Waals surface area contributed by atoms with Crippen molar-refractivity contribution in [1.29, 1.82) is 0 Å². The minimum atomic E-state index is -0.178.